The number of allylic oxidation sites excluding steroid dienone is 1. The summed E-state index contributed by atoms with van der Waals surface area (Å²) in [5.74, 6) is 0.735. The van der Waals surface area contributed by atoms with Crippen LogP contribution in [0.4, 0.5) is 0 Å². The zero-order valence-corrected chi connectivity index (χ0v) is 10.3. The lowest BCUT2D eigenvalue weighted by molar-refractivity contribution is -0.111. The van der Waals surface area contributed by atoms with E-state index in [0.29, 0.717) is 0 Å². The molecule has 1 heterocycles. The SMILES string of the molecule is NCCC=CC1CCOC2(CCCCC2)C1. The zero-order valence-electron chi connectivity index (χ0n) is 10.3. The predicted octanol–water partition coefficient (Wildman–Crippen LogP) is 3.02. The molecule has 1 aliphatic carbocycles. The molecular weight excluding hydrogens is 198 g/mol. The summed E-state index contributed by atoms with van der Waals surface area (Å²) < 4.78 is 6.08. The molecule has 1 aliphatic heterocycles. The Hall–Kier alpha value is -0.340. The van der Waals surface area contributed by atoms with Gasteiger partial charge >= 0.3 is 0 Å². The molecule has 2 nitrogen and oxygen atoms in total. The van der Waals surface area contributed by atoms with Crippen molar-refractivity contribution in [3.8, 4) is 0 Å². The molecule has 0 aromatic carbocycles. The van der Waals surface area contributed by atoms with Gasteiger partial charge in [0.25, 0.3) is 0 Å². The minimum atomic E-state index is 0.244. The van der Waals surface area contributed by atoms with Crippen LogP contribution in [0.25, 0.3) is 0 Å². The maximum atomic E-state index is 6.08. The molecule has 0 bridgehead atoms. The monoisotopic (exact) mass is 223 g/mol. The third-order valence-electron chi connectivity index (χ3n) is 4.04. The van der Waals surface area contributed by atoms with E-state index >= 15 is 0 Å². The molecule has 16 heavy (non-hydrogen) atoms. The summed E-state index contributed by atoms with van der Waals surface area (Å²) >= 11 is 0. The maximum Gasteiger partial charge on any atom is 0.0688 e. The third kappa shape index (κ3) is 3.08. The Balaban J connectivity index is 1.87. The number of nitrogens with two attached hydrogens (primary N) is 1. The van der Waals surface area contributed by atoms with E-state index in [2.05, 4.69) is 12.2 Å². The van der Waals surface area contributed by atoms with E-state index in [-0.39, 0.29) is 5.60 Å². The maximum absolute atomic E-state index is 6.08. The molecule has 2 N–H and O–H groups in total. The van der Waals surface area contributed by atoms with Crippen molar-refractivity contribution >= 4 is 0 Å². The number of hydrogen-bond donors (Lipinski definition) is 1. The van der Waals surface area contributed by atoms with Crippen LogP contribution < -0.4 is 5.73 Å². The molecule has 2 rings (SSSR count). The van der Waals surface area contributed by atoms with Crippen molar-refractivity contribution in [3.05, 3.63) is 12.2 Å². The summed E-state index contributed by atoms with van der Waals surface area (Å²) in [6.07, 6.45) is 14.8. The Labute approximate surface area is 99.2 Å². The molecule has 0 aromatic heterocycles. The molecule has 2 heteroatoms. The average molecular weight is 223 g/mol. The fraction of sp³-hybridized carbons (Fsp3) is 0.857. The van der Waals surface area contributed by atoms with Crippen molar-refractivity contribution in [3.63, 3.8) is 0 Å². The number of hydrogen-bond acceptors (Lipinski definition) is 2. The lowest BCUT2D eigenvalue weighted by Gasteiger charge is -2.43. The van der Waals surface area contributed by atoms with Gasteiger partial charge in [-0.05, 0) is 44.6 Å². The van der Waals surface area contributed by atoms with Crippen molar-refractivity contribution < 1.29 is 4.74 Å². The summed E-state index contributed by atoms with van der Waals surface area (Å²) in [7, 11) is 0. The molecular formula is C14H25NO. The van der Waals surface area contributed by atoms with Gasteiger partial charge in [-0.3, -0.25) is 0 Å². The quantitative estimate of drug-likeness (QED) is 0.746. The second-order valence-electron chi connectivity index (χ2n) is 5.35. The summed E-state index contributed by atoms with van der Waals surface area (Å²) in [6, 6.07) is 0. The largest absolute Gasteiger partial charge is 0.375 e. The van der Waals surface area contributed by atoms with Crippen molar-refractivity contribution in [2.24, 2.45) is 11.7 Å². The second kappa shape index (κ2) is 5.83. The highest BCUT2D eigenvalue weighted by Gasteiger charge is 2.37. The van der Waals surface area contributed by atoms with Gasteiger partial charge in [-0.2, -0.15) is 0 Å². The van der Waals surface area contributed by atoms with Crippen molar-refractivity contribution in [2.75, 3.05) is 13.2 Å². The molecule has 1 saturated heterocycles. The highest BCUT2D eigenvalue weighted by molar-refractivity contribution is 4.97. The van der Waals surface area contributed by atoms with Gasteiger partial charge in [0, 0.05) is 6.61 Å². The highest BCUT2D eigenvalue weighted by Crippen LogP contribution is 2.40. The van der Waals surface area contributed by atoms with Crippen molar-refractivity contribution in [2.45, 2.75) is 57.0 Å². The van der Waals surface area contributed by atoms with Crippen LogP contribution >= 0.6 is 0 Å². The average Bonchev–Trinajstić information content (AvgIpc) is 2.31. The normalized spacial score (nSPS) is 29.9. The first-order chi connectivity index (χ1) is 7.85. The van der Waals surface area contributed by atoms with Gasteiger partial charge in [-0.25, -0.2) is 0 Å². The van der Waals surface area contributed by atoms with E-state index < -0.39 is 0 Å². The fourth-order valence-electron chi connectivity index (χ4n) is 3.16. The Bertz CT molecular complexity index is 225. The second-order valence-corrected chi connectivity index (χ2v) is 5.35. The molecule has 0 aromatic rings. The lowest BCUT2D eigenvalue weighted by atomic mass is 9.76. The Kier molecular flexibility index (Phi) is 4.42. The molecule has 0 amide bonds. The highest BCUT2D eigenvalue weighted by atomic mass is 16.5. The first-order valence-electron chi connectivity index (χ1n) is 6.85. The van der Waals surface area contributed by atoms with Crippen LogP contribution in [0.5, 0.6) is 0 Å². The minimum absolute atomic E-state index is 0.244. The molecule has 2 aliphatic rings. The van der Waals surface area contributed by atoms with Gasteiger partial charge in [0.1, 0.15) is 0 Å². The smallest absolute Gasteiger partial charge is 0.0688 e. The van der Waals surface area contributed by atoms with Gasteiger partial charge in [0.2, 0.25) is 0 Å². The summed E-state index contributed by atoms with van der Waals surface area (Å²) in [4.78, 5) is 0. The zero-order chi connectivity index (χ0) is 11.3. The van der Waals surface area contributed by atoms with Gasteiger partial charge < -0.3 is 10.5 Å². The minimum Gasteiger partial charge on any atom is -0.375 e. The predicted molar refractivity (Wildman–Crippen MR) is 67.3 cm³/mol. The number of ether oxygens (including phenoxy) is 1. The fourth-order valence-corrected chi connectivity index (χ4v) is 3.16. The standard InChI is InChI=1S/C14H25NO/c15-10-5-2-6-13-7-11-16-14(12-13)8-3-1-4-9-14/h2,6,13H,1,3-5,7-12,15H2. The van der Waals surface area contributed by atoms with Crippen LogP contribution in [0.1, 0.15) is 51.4 Å². The van der Waals surface area contributed by atoms with E-state index in [1.807, 2.05) is 0 Å². The van der Waals surface area contributed by atoms with E-state index in [1.165, 1.54) is 44.9 Å². The molecule has 1 spiro atoms. The topological polar surface area (TPSA) is 35.2 Å². The van der Waals surface area contributed by atoms with Gasteiger partial charge in [0.15, 0.2) is 0 Å². The van der Waals surface area contributed by atoms with Gasteiger partial charge in [0.05, 0.1) is 5.60 Å². The first-order valence-corrected chi connectivity index (χ1v) is 6.85. The molecule has 0 radical (unpaired) electrons. The van der Waals surface area contributed by atoms with Gasteiger partial charge in [-0.1, -0.05) is 31.4 Å². The summed E-state index contributed by atoms with van der Waals surface area (Å²) in [6.45, 7) is 1.72. The van der Waals surface area contributed by atoms with E-state index in [1.54, 1.807) is 0 Å². The van der Waals surface area contributed by atoms with Crippen LogP contribution in [-0.4, -0.2) is 18.8 Å². The molecule has 1 unspecified atom stereocenters. The van der Waals surface area contributed by atoms with Crippen LogP contribution in [0.2, 0.25) is 0 Å². The molecule has 1 saturated carbocycles. The van der Waals surface area contributed by atoms with Crippen molar-refractivity contribution in [1.82, 2.24) is 0 Å². The van der Waals surface area contributed by atoms with Crippen molar-refractivity contribution in [1.29, 1.82) is 0 Å². The lowest BCUT2D eigenvalue weighted by Crippen LogP contribution is -2.41. The van der Waals surface area contributed by atoms with Crippen LogP contribution in [0, 0.1) is 5.92 Å². The molecule has 2 fully saturated rings. The van der Waals surface area contributed by atoms with Crippen LogP contribution in [0.3, 0.4) is 0 Å². The summed E-state index contributed by atoms with van der Waals surface area (Å²) in [5.41, 5.74) is 5.75. The number of rotatable bonds is 3. The Morgan fingerprint density at radius 1 is 1.25 bits per heavy atom. The van der Waals surface area contributed by atoms with E-state index in [4.69, 9.17) is 10.5 Å². The summed E-state index contributed by atoms with van der Waals surface area (Å²) in [5, 5.41) is 0. The first kappa shape index (κ1) is 12.1. The molecule has 1 atom stereocenters. The van der Waals surface area contributed by atoms with E-state index in [0.717, 1.165) is 25.5 Å². The molecule has 92 valence electrons. The Morgan fingerprint density at radius 3 is 2.81 bits per heavy atom. The van der Waals surface area contributed by atoms with Gasteiger partial charge in [-0.15, -0.1) is 0 Å². The third-order valence-corrected chi connectivity index (χ3v) is 4.04. The Morgan fingerprint density at radius 2 is 2.06 bits per heavy atom. The van der Waals surface area contributed by atoms with Crippen LogP contribution in [0.15, 0.2) is 12.2 Å². The van der Waals surface area contributed by atoms with E-state index in [9.17, 15) is 0 Å². The van der Waals surface area contributed by atoms with Crippen LogP contribution in [-0.2, 0) is 4.74 Å².